The molecule has 1 fully saturated rings. The third kappa shape index (κ3) is 3.48. The van der Waals surface area contributed by atoms with E-state index in [0.717, 1.165) is 5.56 Å². The number of hydrogen-bond donors (Lipinski definition) is 1. The zero-order valence-electron chi connectivity index (χ0n) is 15.0. The van der Waals surface area contributed by atoms with Crippen molar-refractivity contribution >= 4 is 11.8 Å². The van der Waals surface area contributed by atoms with Crippen LogP contribution in [-0.4, -0.2) is 58.0 Å². The van der Waals surface area contributed by atoms with Crippen molar-refractivity contribution < 1.29 is 14.0 Å². The van der Waals surface area contributed by atoms with Crippen LogP contribution >= 0.6 is 0 Å². The van der Waals surface area contributed by atoms with Crippen molar-refractivity contribution in [2.75, 3.05) is 26.2 Å². The van der Waals surface area contributed by atoms with Gasteiger partial charge >= 0.3 is 0 Å². The lowest BCUT2D eigenvalue weighted by atomic mass is 10.1. The molecule has 0 spiro atoms. The second kappa shape index (κ2) is 7.11. The molecular weight excluding hydrogens is 344 g/mol. The Kier molecular flexibility index (Phi) is 4.50. The van der Waals surface area contributed by atoms with Gasteiger partial charge in [-0.2, -0.15) is 5.10 Å². The van der Waals surface area contributed by atoms with E-state index in [9.17, 15) is 9.59 Å². The molecule has 0 aliphatic carbocycles. The van der Waals surface area contributed by atoms with Gasteiger partial charge in [0.15, 0.2) is 11.5 Å². The molecule has 0 radical (unpaired) electrons. The third-order valence-corrected chi connectivity index (χ3v) is 4.70. The smallest absolute Gasteiger partial charge is 0.274 e. The number of aromatic amines is 1. The van der Waals surface area contributed by atoms with Crippen molar-refractivity contribution in [2.45, 2.75) is 6.92 Å². The first-order valence-corrected chi connectivity index (χ1v) is 8.86. The molecule has 2 amide bonds. The van der Waals surface area contributed by atoms with Gasteiger partial charge in [0.2, 0.25) is 0 Å². The molecule has 7 nitrogen and oxygen atoms in total. The van der Waals surface area contributed by atoms with Crippen molar-refractivity contribution in [1.82, 2.24) is 20.0 Å². The Morgan fingerprint density at radius 3 is 2.41 bits per heavy atom. The van der Waals surface area contributed by atoms with Crippen LogP contribution in [-0.2, 0) is 0 Å². The highest BCUT2D eigenvalue weighted by molar-refractivity contribution is 5.95. The predicted octanol–water partition coefficient (Wildman–Crippen LogP) is 2.58. The van der Waals surface area contributed by atoms with Gasteiger partial charge in [-0.05, 0) is 31.2 Å². The first kappa shape index (κ1) is 17.1. The molecule has 0 unspecified atom stereocenters. The summed E-state index contributed by atoms with van der Waals surface area (Å²) in [4.78, 5) is 28.8. The van der Waals surface area contributed by atoms with Crippen molar-refractivity contribution in [2.24, 2.45) is 0 Å². The molecule has 1 aromatic carbocycles. The van der Waals surface area contributed by atoms with Gasteiger partial charge in [0.25, 0.3) is 11.8 Å². The molecule has 0 atom stereocenters. The number of piperazine rings is 1. The van der Waals surface area contributed by atoms with Gasteiger partial charge in [-0.3, -0.25) is 14.7 Å². The minimum Gasteiger partial charge on any atom is -0.463 e. The number of amides is 2. The van der Waals surface area contributed by atoms with Gasteiger partial charge in [0.05, 0.1) is 6.26 Å². The zero-order chi connectivity index (χ0) is 18.8. The molecule has 1 saturated heterocycles. The summed E-state index contributed by atoms with van der Waals surface area (Å²) in [5.41, 5.74) is 2.75. The lowest BCUT2D eigenvalue weighted by Gasteiger charge is -2.34. The van der Waals surface area contributed by atoms with Crippen LogP contribution in [0.3, 0.4) is 0 Å². The average Bonchev–Trinajstić information content (AvgIpc) is 3.38. The van der Waals surface area contributed by atoms with Gasteiger partial charge < -0.3 is 14.2 Å². The van der Waals surface area contributed by atoms with Gasteiger partial charge in [-0.15, -0.1) is 0 Å². The molecule has 1 aliphatic heterocycles. The number of benzene rings is 1. The predicted molar refractivity (Wildman–Crippen MR) is 99.3 cm³/mol. The monoisotopic (exact) mass is 364 g/mol. The summed E-state index contributed by atoms with van der Waals surface area (Å²) in [5, 5.41) is 6.93. The number of nitrogens with zero attached hydrogens (tertiary/aromatic N) is 3. The third-order valence-electron chi connectivity index (χ3n) is 4.70. The number of aromatic nitrogens is 2. The highest BCUT2D eigenvalue weighted by Crippen LogP contribution is 2.19. The summed E-state index contributed by atoms with van der Waals surface area (Å²) in [6, 6.07) is 12.8. The average molecular weight is 364 g/mol. The summed E-state index contributed by atoms with van der Waals surface area (Å²) in [7, 11) is 0. The lowest BCUT2D eigenvalue weighted by molar-refractivity contribution is 0.0532. The Morgan fingerprint density at radius 2 is 1.74 bits per heavy atom. The molecule has 3 heterocycles. The van der Waals surface area contributed by atoms with Crippen LogP contribution in [0.4, 0.5) is 0 Å². The van der Waals surface area contributed by atoms with E-state index in [2.05, 4.69) is 10.2 Å². The molecule has 138 valence electrons. The summed E-state index contributed by atoms with van der Waals surface area (Å²) < 4.78 is 5.31. The van der Waals surface area contributed by atoms with Gasteiger partial charge in [-0.1, -0.05) is 17.7 Å². The van der Waals surface area contributed by atoms with Crippen LogP contribution in [0.15, 0.2) is 53.1 Å². The van der Waals surface area contributed by atoms with Crippen LogP contribution in [0, 0.1) is 6.92 Å². The van der Waals surface area contributed by atoms with E-state index in [-0.39, 0.29) is 11.8 Å². The summed E-state index contributed by atoms with van der Waals surface area (Å²) in [5.74, 6) is 0.493. The highest BCUT2D eigenvalue weighted by Gasteiger charge is 2.27. The van der Waals surface area contributed by atoms with Crippen molar-refractivity contribution in [3.63, 3.8) is 0 Å². The summed E-state index contributed by atoms with van der Waals surface area (Å²) in [6.07, 6.45) is 1.57. The van der Waals surface area contributed by atoms with Crippen LogP contribution in [0.1, 0.15) is 26.4 Å². The molecule has 1 aliphatic rings. The maximum atomic E-state index is 12.7. The number of rotatable bonds is 3. The Bertz CT molecular complexity index is 953. The standard InChI is InChI=1S/C20H20N4O3/c1-14-4-2-5-15(12-14)19(25)23-7-9-24(10-8-23)20(26)17-13-16(21-22-17)18-6-3-11-27-18/h2-6,11-13H,7-10H2,1H3,(H,21,22). The maximum Gasteiger partial charge on any atom is 0.274 e. The number of carbonyl (C=O) groups excluding carboxylic acids is 2. The second-order valence-corrected chi connectivity index (χ2v) is 6.60. The first-order chi connectivity index (χ1) is 13.1. The summed E-state index contributed by atoms with van der Waals surface area (Å²) in [6.45, 7) is 3.95. The number of hydrogen-bond acceptors (Lipinski definition) is 4. The van der Waals surface area contributed by atoms with E-state index in [4.69, 9.17) is 4.42 Å². The van der Waals surface area contributed by atoms with Gasteiger partial charge in [0.1, 0.15) is 5.69 Å². The van der Waals surface area contributed by atoms with Crippen LogP contribution in [0.2, 0.25) is 0 Å². The molecule has 4 rings (SSSR count). The van der Waals surface area contributed by atoms with E-state index < -0.39 is 0 Å². The van der Waals surface area contributed by atoms with E-state index >= 15 is 0 Å². The molecule has 0 bridgehead atoms. The topological polar surface area (TPSA) is 82.4 Å². The number of aryl methyl sites for hydroxylation is 1. The quantitative estimate of drug-likeness (QED) is 0.774. The fourth-order valence-corrected chi connectivity index (χ4v) is 3.22. The number of H-pyrrole nitrogens is 1. The molecule has 2 aromatic heterocycles. The second-order valence-electron chi connectivity index (χ2n) is 6.60. The fourth-order valence-electron chi connectivity index (χ4n) is 3.22. The van der Waals surface area contributed by atoms with Crippen LogP contribution in [0.25, 0.3) is 11.5 Å². The van der Waals surface area contributed by atoms with Gasteiger partial charge in [-0.25, -0.2) is 0 Å². The molecule has 3 aromatic rings. The maximum absolute atomic E-state index is 12.7. The minimum atomic E-state index is -0.147. The largest absolute Gasteiger partial charge is 0.463 e. The minimum absolute atomic E-state index is 0.00525. The Hall–Kier alpha value is -3.35. The van der Waals surface area contributed by atoms with Crippen LogP contribution in [0.5, 0.6) is 0 Å². The Balaban J connectivity index is 1.39. The number of carbonyl (C=O) groups is 2. The Labute approximate surface area is 156 Å². The fraction of sp³-hybridized carbons (Fsp3) is 0.250. The lowest BCUT2D eigenvalue weighted by Crippen LogP contribution is -2.50. The van der Waals surface area contributed by atoms with E-state index in [1.54, 1.807) is 34.3 Å². The Morgan fingerprint density at radius 1 is 1.00 bits per heavy atom. The summed E-state index contributed by atoms with van der Waals surface area (Å²) >= 11 is 0. The molecule has 7 heteroatoms. The SMILES string of the molecule is Cc1cccc(C(=O)N2CCN(C(=O)c3cc(-c4ccco4)[nH]n3)CC2)c1. The van der Waals surface area contributed by atoms with Crippen molar-refractivity contribution in [3.05, 3.63) is 65.5 Å². The van der Waals surface area contributed by atoms with Crippen LogP contribution < -0.4 is 0 Å². The molecule has 1 N–H and O–H groups in total. The van der Waals surface area contributed by atoms with Crippen molar-refractivity contribution in [1.29, 1.82) is 0 Å². The normalized spacial score (nSPS) is 14.4. The zero-order valence-corrected chi connectivity index (χ0v) is 15.0. The number of furan rings is 1. The molecular formula is C20H20N4O3. The van der Waals surface area contributed by atoms with Crippen molar-refractivity contribution in [3.8, 4) is 11.5 Å². The number of nitrogens with one attached hydrogen (secondary N) is 1. The molecule has 0 saturated carbocycles. The van der Waals surface area contributed by atoms with E-state index in [1.165, 1.54) is 0 Å². The first-order valence-electron chi connectivity index (χ1n) is 8.86. The highest BCUT2D eigenvalue weighted by atomic mass is 16.3. The molecule has 27 heavy (non-hydrogen) atoms. The van der Waals surface area contributed by atoms with Gasteiger partial charge in [0, 0.05) is 37.8 Å². The van der Waals surface area contributed by atoms with E-state index in [0.29, 0.717) is 48.9 Å². The van der Waals surface area contributed by atoms with E-state index in [1.807, 2.05) is 31.2 Å².